The molecular weight excluding hydrogens is 329 g/mol. The van der Waals surface area contributed by atoms with Gasteiger partial charge in [-0.3, -0.25) is 0 Å². The predicted octanol–water partition coefficient (Wildman–Crippen LogP) is 5.11. The Morgan fingerprint density at radius 1 is 1.19 bits per heavy atom. The Morgan fingerprint density at radius 3 is 2.69 bits per heavy atom. The van der Waals surface area contributed by atoms with E-state index in [1.54, 1.807) is 0 Å². The molecule has 4 rings (SSSR count). The molecule has 0 spiro atoms. The highest BCUT2D eigenvalue weighted by atomic mass is 19.1. The van der Waals surface area contributed by atoms with E-state index in [0.717, 1.165) is 29.3 Å². The van der Waals surface area contributed by atoms with Crippen LogP contribution >= 0.6 is 0 Å². The molecule has 0 saturated carbocycles. The number of phenolic OH excluding ortho intramolecular Hbond substituents is 1. The van der Waals surface area contributed by atoms with Crippen molar-refractivity contribution in [2.45, 2.75) is 44.3 Å². The molecule has 2 heterocycles. The van der Waals surface area contributed by atoms with E-state index in [-0.39, 0.29) is 29.2 Å². The number of ether oxygens (including phenoxy) is 1. The van der Waals surface area contributed by atoms with Crippen molar-refractivity contribution in [2.75, 3.05) is 0 Å². The Balaban J connectivity index is 1.92. The number of hydrogen-bond donors (Lipinski definition) is 1. The fourth-order valence-electron chi connectivity index (χ4n) is 4.22. The molecule has 3 nitrogen and oxygen atoms in total. The lowest BCUT2D eigenvalue weighted by atomic mass is 9.84. The second kappa shape index (κ2) is 6.13. The van der Waals surface area contributed by atoms with Crippen LogP contribution in [0.3, 0.4) is 0 Å². The standard InChI is InChI=1S/C22H24FNO2/c1-22(2)11-10-20(26-22)21(16-12-14(23)8-9-19(16)25)17-13-24(3)18-7-5-4-6-15(17)18/h4-9,12-13,20-21,25H,10-11H2,1-3H3/t20-,21+/m1/s1. The SMILES string of the molecule is Cn1cc([C@H](c2cc(F)ccc2O)[C@H]2CCC(C)(C)O2)c2ccccc21. The van der Waals surface area contributed by atoms with Crippen LogP contribution in [-0.2, 0) is 11.8 Å². The molecular formula is C22H24FNO2. The van der Waals surface area contributed by atoms with Gasteiger partial charge in [0, 0.05) is 35.6 Å². The van der Waals surface area contributed by atoms with Gasteiger partial charge in [-0.2, -0.15) is 0 Å². The van der Waals surface area contributed by atoms with Crippen molar-refractivity contribution in [1.82, 2.24) is 4.57 Å². The fourth-order valence-corrected chi connectivity index (χ4v) is 4.22. The molecule has 0 radical (unpaired) electrons. The zero-order chi connectivity index (χ0) is 18.5. The molecule has 26 heavy (non-hydrogen) atoms. The highest BCUT2D eigenvalue weighted by molar-refractivity contribution is 5.85. The van der Waals surface area contributed by atoms with Gasteiger partial charge in [-0.25, -0.2) is 4.39 Å². The Morgan fingerprint density at radius 2 is 1.96 bits per heavy atom. The van der Waals surface area contributed by atoms with Crippen molar-refractivity contribution in [2.24, 2.45) is 7.05 Å². The van der Waals surface area contributed by atoms with Gasteiger partial charge >= 0.3 is 0 Å². The number of para-hydroxylation sites is 1. The van der Waals surface area contributed by atoms with Gasteiger partial charge in [0.25, 0.3) is 0 Å². The number of aromatic nitrogens is 1. The minimum atomic E-state index is -0.347. The summed E-state index contributed by atoms with van der Waals surface area (Å²) in [5.74, 6) is -0.462. The molecule has 3 aromatic rings. The van der Waals surface area contributed by atoms with Crippen LogP contribution in [0.1, 0.15) is 43.7 Å². The number of rotatable bonds is 3. The van der Waals surface area contributed by atoms with Gasteiger partial charge in [0.05, 0.1) is 11.7 Å². The third-order valence-electron chi connectivity index (χ3n) is 5.46. The molecule has 0 unspecified atom stereocenters. The summed E-state index contributed by atoms with van der Waals surface area (Å²) in [4.78, 5) is 0. The summed E-state index contributed by atoms with van der Waals surface area (Å²) in [7, 11) is 2.01. The summed E-state index contributed by atoms with van der Waals surface area (Å²) in [5, 5.41) is 11.6. The molecule has 1 saturated heterocycles. The first-order valence-corrected chi connectivity index (χ1v) is 9.06. The average Bonchev–Trinajstić information content (AvgIpc) is 3.12. The van der Waals surface area contributed by atoms with Gasteiger partial charge in [0.1, 0.15) is 11.6 Å². The largest absolute Gasteiger partial charge is 0.508 e. The third-order valence-corrected chi connectivity index (χ3v) is 5.46. The maximum atomic E-state index is 14.0. The fraction of sp³-hybridized carbons (Fsp3) is 0.364. The second-order valence-electron chi connectivity index (χ2n) is 7.85. The average molecular weight is 353 g/mol. The number of benzene rings is 2. The molecule has 1 aliphatic rings. The van der Waals surface area contributed by atoms with E-state index in [1.807, 2.05) is 19.2 Å². The van der Waals surface area contributed by atoms with Gasteiger partial charge in [0.2, 0.25) is 0 Å². The summed E-state index contributed by atoms with van der Waals surface area (Å²) in [6, 6.07) is 12.3. The number of phenols is 1. The smallest absolute Gasteiger partial charge is 0.123 e. The van der Waals surface area contributed by atoms with E-state index in [0.29, 0.717) is 5.56 Å². The quantitative estimate of drug-likeness (QED) is 0.710. The minimum Gasteiger partial charge on any atom is -0.508 e. The van der Waals surface area contributed by atoms with Gasteiger partial charge < -0.3 is 14.4 Å². The summed E-state index contributed by atoms with van der Waals surface area (Å²) >= 11 is 0. The van der Waals surface area contributed by atoms with Crippen LogP contribution in [0.4, 0.5) is 4.39 Å². The molecule has 1 aliphatic heterocycles. The number of hydrogen-bond acceptors (Lipinski definition) is 2. The summed E-state index contributed by atoms with van der Waals surface area (Å²) in [6.07, 6.45) is 3.78. The maximum Gasteiger partial charge on any atom is 0.123 e. The maximum absolute atomic E-state index is 14.0. The van der Waals surface area contributed by atoms with E-state index in [2.05, 4.69) is 36.7 Å². The molecule has 4 heteroatoms. The van der Waals surface area contributed by atoms with E-state index in [9.17, 15) is 9.50 Å². The molecule has 1 aromatic heterocycles. The Bertz CT molecular complexity index is 960. The highest BCUT2D eigenvalue weighted by Gasteiger charge is 2.39. The Hall–Kier alpha value is -2.33. The zero-order valence-corrected chi connectivity index (χ0v) is 15.4. The van der Waals surface area contributed by atoms with Crippen LogP contribution in [0.15, 0.2) is 48.7 Å². The summed E-state index contributed by atoms with van der Waals surface area (Å²) < 4.78 is 22.4. The first-order valence-electron chi connectivity index (χ1n) is 9.06. The summed E-state index contributed by atoms with van der Waals surface area (Å²) in [6.45, 7) is 4.16. The van der Waals surface area contributed by atoms with Gasteiger partial charge in [-0.1, -0.05) is 18.2 Å². The van der Waals surface area contributed by atoms with Crippen molar-refractivity contribution in [3.63, 3.8) is 0 Å². The van der Waals surface area contributed by atoms with Gasteiger partial charge in [0.15, 0.2) is 0 Å². The van der Waals surface area contributed by atoms with Crippen molar-refractivity contribution < 1.29 is 14.2 Å². The normalized spacial score (nSPS) is 20.5. The van der Waals surface area contributed by atoms with Crippen LogP contribution in [-0.4, -0.2) is 21.4 Å². The molecule has 0 bridgehead atoms. The number of nitrogens with zero attached hydrogens (tertiary/aromatic N) is 1. The minimum absolute atomic E-state index is 0.108. The Kier molecular flexibility index (Phi) is 4.03. The van der Waals surface area contributed by atoms with E-state index in [1.165, 1.54) is 18.2 Å². The number of aromatic hydroxyl groups is 1. The van der Waals surface area contributed by atoms with E-state index in [4.69, 9.17) is 4.74 Å². The molecule has 2 atom stereocenters. The topological polar surface area (TPSA) is 34.4 Å². The molecule has 0 aliphatic carbocycles. The second-order valence-corrected chi connectivity index (χ2v) is 7.85. The van der Waals surface area contributed by atoms with Crippen LogP contribution in [0.2, 0.25) is 0 Å². The molecule has 2 aromatic carbocycles. The van der Waals surface area contributed by atoms with Crippen LogP contribution in [0.25, 0.3) is 10.9 Å². The monoisotopic (exact) mass is 353 g/mol. The number of aryl methyl sites for hydroxylation is 1. The van der Waals surface area contributed by atoms with Crippen LogP contribution in [0.5, 0.6) is 5.75 Å². The van der Waals surface area contributed by atoms with Crippen LogP contribution in [0, 0.1) is 5.82 Å². The molecule has 136 valence electrons. The van der Waals surface area contributed by atoms with Gasteiger partial charge in [-0.15, -0.1) is 0 Å². The third kappa shape index (κ3) is 2.88. The molecule has 0 amide bonds. The highest BCUT2D eigenvalue weighted by Crippen LogP contribution is 2.45. The van der Waals surface area contributed by atoms with Crippen molar-refractivity contribution in [1.29, 1.82) is 0 Å². The lowest BCUT2D eigenvalue weighted by Gasteiger charge is -2.27. The molecule has 1 N–H and O–H groups in total. The zero-order valence-electron chi connectivity index (χ0n) is 15.4. The van der Waals surface area contributed by atoms with E-state index < -0.39 is 0 Å². The number of fused-ring (bicyclic) bond motifs is 1. The lowest BCUT2D eigenvalue weighted by molar-refractivity contribution is -0.0216. The lowest BCUT2D eigenvalue weighted by Crippen LogP contribution is -2.25. The van der Waals surface area contributed by atoms with Gasteiger partial charge in [-0.05, 0) is 56.5 Å². The van der Waals surface area contributed by atoms with Crippen molar-refractivity contribution >= 4 is 10.9 Å². The van der Waals surface area contributed by atoms with Crippen LogP contribution < -0.4 is 0 Å². The predicted molar refractivity (Wildman–Crippen MR) is 101 cm³/mol. The van der Waals surface area contributed by atoms with Crippen molar-refractivity contribution in [3.8, 4) is 5.75 Å². The first-order chi connectivity index (χ1) is 12.4. The summed E-state index contributed by atoms with van der Waals surface area (Å²) in [5.41, 5.74) is 2.55. The molecule has 1 fully saturated rings. The Labute approximate surface area is 153 Å². The van der Waals surface area contributed by atoms with E-state index >= 15 is 0 Å². The number of halogens is 1. The van der Waals surface area contributed by atoms with Crippen molar-refractivity contribution in [3.05, 3.63) is 65.6 Å². The first kappa shape index (κ1) is 17.1.